The first-order valence-corrected chi connectivity index (χ1v) is 6.95. The Balaban J connectivity index is 2.09. The predicted molar refractivity (Wildman–Crippen MR) is 75.5 cm³/mol. The van der Waals surface area contributed by atoms with Gasteiger partial charge in [-0.1, -0.05) is 19.9 Å². The van der Waals surface area contributed by atoms with Gasteiger partial charge >= 0.3 is 5.97 Å². The molecule has 2 heterocycles. The maximum absolute atomic E-state index is 10.9. The zero-order valence-corrected chi connectivity index (χ0v) is 12.0. The molecule has 1 aliphatic heterocycles. The standard InChI is InChI=1S/C15H22N2O3/c1-15(2)8-12(18)6-7-17(10-15)9-11-4-3-5-13(16-11)14(19)20/h3-5,12,18H,6-10H2,1-2H3,(H,19,20). The highest BCUT2D eigenvalue weighted by Gasteiger charge is 2.29. The van der Waals surface area contributed by atoms with Crippen molar-refractivity contribution in [3.05, 3.63) is 29.6 Å². The zero-order chi connectivity index (χ0) is 14.8. The van der Waals surface area contributed by atoms with Gasteiger partial charge in [-0.05, 0) is 30.4 Å². The first-order valence-electron chi connectivity index (χ1n) is 6.95. The molecule has 0 spiro atoms. The second kappa shape index (κ2) is 5.89. The molecule has 0 saturated carbocycles. The highest BCUT2D eigenvalue weighted by molar-refractivity contribution is 5.85. The summed E-state index contributed by atoms with van der Waals surface area (Å²) in [5.74, 6) is -1.00. The summed E-state index contributed by atoms with van der Waals surface area (Å²) in [6.45, 7) is 6.61. The fraction of sp³-hybridized carbons (Fsp3) is 0.600. The van der Waals surface area contributed by atoms with Crippen molar-refractivity contribution in [1.82, 2.24) is 9.88 Å². The lowest BCUT2D eigenvalue weighted by Gasteiger charge is -2.29. The molecule has 1 aromatic rings. The van der Waals surface area contributed by atoms with Crippen LogP contribution < -0.4 is 0 Å². The van der Waals surface area contributed by atoms with E-state index in [1.54, 1.807) is 6.07 Å². The molecule has 0 radical (unpaired) electrons. The van der Waals surface area contributed by atoms with Gasteiger partial charge in [0.15, 0.2) is 0 Å². The number of aliphatic hydroxyl groups excluding tert-OH is 1. The summed E-state index contributed by atoms with van der Waals surface area (Å²) in [6.07, 6.45) is 1.29. The quantitative estimate of drug-likeness (QED) is 0.881. The number of nitrogens with zero attached hydrogens (tertiary/aromatic N) is 2. The molecule has 0 bridgehead atoms. The summed E-state index contributed by atoms with van der Waals surface area (Å²) >= 11 is 0. The number of rotatable bonds is 3. The molecular formula is C15H22N2O3. The molecule has 1 unspecified atom stereocenters. The van der Waals surface area contributed by atoms with Gasteiger partial charge in [-0.15, -0.1) is 0 Å². The van der Waals surface area contributed by atoms with Crippen molar-refractivity contribution >= 4 is 5.97 Å². The van der Waals surface area contributed by atoms with Crippen LogP contribution in [0.25, 0.3) is 0 Å². The maximum Gasteiger partial charge on any atom is 0.354 e. The van der Waals surface area contributed by atoms with E-state index in [9.17, 15) is 9.90 Å². The highest BCUT2D eigenvalue weighted by atomic mass is 16.4. The van der Waals surface area contributed by atoms with Crippen molar-refractivity contribution in [2.45, 2.75) is 39.3 Å². The molecule has 110 valence electrons. The van der Waals surface area contributed by atoms with Gasteiger partial charge in [0.25, 0.3) is 0 Å². The van der Waals surface area contributed by atoms with Crippen LogP contribution in [0.1, 0.15) is 42.9 Å². The Hall–Kier alpha value is -1.46. The van der Waals surface area contributed by atoms with E-state index in [-0.39, 0.29) is 17.2 Å². The lowest BCUT2D eigenvalue weighted by Crippen LogP contribution is -2.32. The molecule has 0 aromatic carbocycles. The normalized spacial score (nSPS) is 23.2. The Morgan fingerprint density at radius 3 is 2.95 bits per heavy atom. The van der Waals surface area contributed by atoms with Gasteiger partial charge in [-0.25, -0.2) is 9.78 Å². The summed E-state index contributed by atoms with van der Waals surface area (Å²) in [6, 6.07) is 5.08. The van der Waals surface area contributed by atoms with Gasteiger partial charge in [-0.3, -0.25) is 4.90 Å². The molecule has 1 saturated heterocycles. The van der Waals surface area contributed by atoms with E-state index >= 15 is 0 Å². The van der Waals surface area contributed by atoms with Gasteiger partial charge < -0.3 is 10.2 Å². The average Bonchev–Trinajstić information content (AvgIpc) is 2.47. The van der Waals surface area contributed by atoms with E-state index in [4.69, 9.17) is 5.11 Å². The Kier molecular flexibility index (Phi) is 4.40. The van der Waals surface area contributed by atoms with Crippen LogP contribution in [0, 0.1) is 5.41 Å². The molecule has 5 nitrogen and oxygen atoms in total. The van der Waals surface area contributed by atoms with Crippen molar-refractivity contribution in [3.63, 3.8) is 0 Å². The number of pyridine rings is 1. The van der Waals surface area contributed by atoms with Crippen molar-refractivity contribution < 1.29 is 15.0 Å². The number of carboxylic acid groups (broad SMARTS) is 1. The SMILES string of the molecule is CC1(C)CC(O)CCN(Cc2cccc(C(=O)O)n2)C1. The van der Waals surface area contributed by atoms with Crippen LogP contribution in [0.15, 0.2) is 18.2 Å². The lowest BCUT2D eigenvalue weighted by atomic mass is 9.87. The molecule has 20 heavy (non-hydrogen) atoms. The Labute approximate surface area is 119 Å². The third-order valence-corrected chi connectivity index (χ3v) is 3.63. The molecule has 2 rings (SSSR count). The van der Waals surface area contributed by atoms with Crippen molar-refractivity contribution in [1.29, 1.82) is 0 Å². The topological polar surface area (TPSA) is 73.7 Å². The first kappa shape index (κ1) is 14.9. The molecule has 2 N–H and O–H groups in total. The number of aromatic nitrogens is 1. The molecule has 0 amide bonds. The first-order chi connectivity index (χ1) is 9.35. The maximum atomic E-state index is 10.9. The molecule has 1 fully saturated rings. The van der Waals surface area contributed by atoms with Crippen LogP contribution in [0.2, 0.25) is 0 Å². The van der Waals surface area contributed by atoms with Gasteiger partial charge in [0.2, 0.25) is 0 Å². The number of carboxylic acids is 1. The van der Waals surface area contributed by atoms with Gasteiger partial charge in [-0.2, -0.15) is 0 Å². The summed E-state index contributed by atoms with van der Waals surface area (Å²) in [5, 5.41) is 18.9. The van der Waals surface area contributed by atoms with E-state index in [0.29, 0.717) is 6.54 Å². The van der Waals surface area contributed by atoms with E-state index in [0.717, 1.165) is 31.6 Å². The molecule has 1 atom stereocenters. The summed E-state index contributed by atoms with van der Waals surface area (Å²) < 4.78 is 0. The van der Waals surface area contributed by atoms with E-state index < -0.39 is 5.97 Å². The van der Waals surface area contributed by atoms with E-state index in [1.165, 1.54) is 6.07 Å². The second-order valence-corrected chi connectivity index (χ2v) is 6.34. The van der Waals surface area contributed by atoms with Crippen LogP contribution >= 0.6 is 0 Å². The average molecular weight is 278 g/mol. The highest BCUT2D eigenvalue weighted by Crippen LogP contribution is 2.28. The molecular weight excluding hydrogens is 256 g/mol. The monoisotopic (exact) mass is 278 g/mol. The van der Waals surface area contributed by atoms with Gasteiger partial charge in [0.05, 0.1) is 11.8 Å². The number of aromatic carboxylic acids is 1. The Bertz CT molecular complexity index is 488. The number of aliphatic hydroxyl groups is 1. The second-order valence-electron chi connectivity index (χ2n) is 6.34. The molecule has 0 aliphatic carbocycles. The van der Waals surface area contributed by atoms with E-state index in [1.807, 2.05) is 6.07 Å². The minimum Gasteiger partial charge on any atom is -0.477 e. The lowest BCUT2D eigenvalue weighted by molar-refractivity contribution is 0.0689. The summed E-state index contributed by atoms with van der Waals surface area (Å²) in [4.78, 5) is 17.3. The fourth-order valence-corrected chi connectivity index (χ4v) is 2.87. The number of likely N-dealkylation sites (tertiary alicyclic amines) is 1. The van der Waals surface area contributed by atoms with E-state index in [2.05, 4.69) is 23.7 Å². The zero-order valence-electron chi connectivity index (χ0n) is 12.0. The van der Waals surface area contributed by atoms with Gasteiger partial charge in [0, 0.05) is 19.6 Å². The largest absolute Gasteiger partial charge is 0.477 e. The van der Waals surface area contributed by atoms with Crippen molar-refractivity contribution in [3.8, 4) is 0 Å². The minimum atomic E-state index is -1.00. The summed E-state index contributed by atoms with van der Waals surface area (Å²) in [5.41, 5.74) is 0.897. The predicted octanol–water partition coefficient (Wildman–Crippen LogP) is 1.76. The number of carbonyl (C=O) groups is 1. The molecule has 5 heteroatoms. The minimum absolute atomic E-state index is 0.0559. The Morgan fingerprint density at radius 1 is 1.50 bits per heavy atom. The molecule has 1 aliphatic rings. The van der Waals surface area contributed by atoms with Crippen LogP contribution in [0.4, 0.5) is 0 Å². The van der Waals surface area contributed by atoms with Crippen molar-refractivity contribution in [2.24, 2.45) is 5.41 Å². The number of hydrogen-bond acceptors (Lipinski definition) is 4. The number of hydrogen-bond donors (Lipinski definition) is 2. The smallest absolute Gasteiger partial charge is 0.354 e. The van der Waals surface area contributed by atoms with Crippen LogP contribution in [0.3, 0.4) is 0 Å². The fourth-order valence-electron chi connectivity index (χ4n) is 2.87. The Morgan fingerprint density at radius 2 is 2.25 bits per heavy atom. The van der Waals surface area contributed by atoms with Crippen LogP contribution in [0.5, 0.6) is 0 Å². The van der Waals surface area contributed by atoms with Crippen LogP contribution in [-0.4, -0.2) is 45.3 Å². The summed E-state index contributed by atoms with van der Waals surface area (Å²) in [7, 11) is 0. The third-order valence-electron chi connectivity index (χ3n) is 3.63. The van der Waals surface area contributed by atoms with Crippen LogP contribution in [-0.2, 0) is 6.54 Å². The molecule has 1 aromatic heterocycles. The van der Waals surface area contributed by atoms with Crippen molar-refractivity contribution in [2.75, 3.05) is 13.1 Å². The third kappa shape index (κ3) is 4.02. The van der Waals surface area contributed by atoms with Gasteiger partial charge in [0.1, 0.15) is 5.69 Å².